The van der Waals surface area contributed by atoms with Gasteiger partial charge in [0.05, 0.1) is 0 Å². The van der Waals surface area contributed by atoms with Crippen LogP contribution in [0.5, 0.6) is 0 Å². The first-order valence-electron chi connectivity index (χ1n) is 8.59. The number of aldehydes is 1. The van der Waals surface area contributed by atoms with Crippen LogP contribution in [0.25, 0.3) is 11.1 Å². The van der Waals surface area contributed by atoms with Gasteiger partial charge in [-0.25, -0.2) is 0 Å². The Bertz CT molecular complexity index is 626. The molecule has 0 aliphatic rings. The van der Waals surface area contributed by atoms with E-state index in [9.17, 15) is 4.79 Å². The maximum Gasteiger partial charge on any atom is 0.120 e. The fourth-order valence-electron chi connectivity index (χ4n) is 3.31. The second-order valence-corrected chi connectivity index (χ2v) is 5.87. The van der Waals surface area contributed by atoms with Crippen molar-refractivity contribution in [2.45, 2.75) is 39.5 Å². The van der Waals surface area contributed by atoms with Crippen LogP contribution in [0.2, 0.25) is 0 Å². The Kier molecular flexibility index (Phi) is 6.80. The van der Waals surface area contributed by atoms with Gasteiger partial charge in [-0.3, -0.25) is 0 Å². The molecule has 0 radical (unpaired) electrons. The maximum absolute atomic E-state index is 11.3. The van der Waals surface area contributed by atoms with Crippen LogP contribution in [0.15, 0.2) is 60.7 Å². The number of rotatable bonds is 8. The molecule has 0 amide bonds. The van der Waals surface area contributed by atoms with Gasteiger partial charge < -0.3 is 4.79 Å². The van der Waals surface area contributed by atoms with Gasteiger partial charge in [-0.05, 0) is 41.0 Å². The lowest BCUT2D eigenvalue weighted by atomic mass is 9.81. The number of allylic oxidation sites excluding steroid dienone is 2. The highest BCUT2D eigenvalue weighted by Gasteiger charge is 2.19. The average molecular weight is 306 g/mol. The van der Waals surface area contributed by atoms with Gasteiger partial charge in [-0.2, -0.15) is 0 Å². The molecule has 1 unspecified atom stereocenters. The van der Waals surface area contributed by atoms with Gasteiger partial charge in [0.2, 0.25) is 0 Å². The Morgan fingerprint density at radius 2 is 1.48 bits per heavy atom. The van der Waals surface area contributed by atoms with E-state index in [2.05, 4.69) is 62.4 Å². The predicted octanol–water partition coefficient (Wildman–Crippen LogP) is 6.01. The van der Waals surface area contributed by atoms with E-state index in [-0.39, 0.29) is 5.92 Å². The van der Waals surface area contributed by atoms with E-state index in [1.54, 1.807) is 0 Å². The van der Waals surface area contributed by atoms with Crippen molar-refractivity contribution in [2.24, 2.45) is 5.92 Å². The molecule has 1 nitrogen and oxygen atoms in total. The first kappa shape index (κ1) is 17.2. The minimum Gasteiger partial charge on any atom is -0.303 e. The van der Waals surface area contributed by atoms with Gasteiger partial charge in [0.15, 0.2) is 0 Å². The van der Waals surface area contributed by atoms with Crippen molar-refractivity contribution in [2.75, 3.05) is 0 Å². The molecule has 0 bridgehead atoms. The van der Waals surface area contributed by atoms with Crippen molar-refractivity contribution < 1.29 is 4.79 Å². The first-order chi connectivity index (χ1) is 11.3. The van der Waals surface area contributed by atoms with Gasteiger partial charge in [0, 0.05) is 6.42 Å². The monoisotopic (exact) mass is 306 g/mol. The van der Waals surface area contributed by atoms with Gasteiger partial charge >= 0.3 is 0 Å². The van der Waals surface area contributed by atoms with Crippen LogP contribution < -0.4 is 0 Å². The van der Waals surface area contributed by atoms with E-state index in [0.717, 1.165) is 25.5 Å². The highest BCUT2D eigenvalue weighted by molar-refractivity contribution is 5.92. The number of hydrogen-bond donors (Lipinski definition) is 0. The fraction of sp³-hybridized carbons (Fsp3) is 0.318. The summed E-state index contributed by atoms with van der Waals surface area (Å²) < 4.78 is 0. The number of benzene rings is 2. The lowest BCUT2D eigenvalue weighted by Crippen LogP contribution is -2.07. The SMILES string of the molecule is CCCC(CC=O)/C(=C(\CC)c1ccccc1)c1ccccc1. The van der Waals surface area contributed by atoms with Gasteiger partial charge in [-0.1, -0.05) is 80.9 Å². The molecular formula is C22H26O. The molecule has 0 heterocycles. The lowest BCUT2D eigenvalue weighted by molar-refractivity contribution is -0.108. The fourth-order valence-corrected chi connectivity index (χ4v) is 3.31. The molecular weight excluding hydrogens is 280 g/mol. The minimum absolute atomic E-state index is 0.287. The summed E-state index contributed by atoms with van der Waals surface area (Å²) in [5.41, 5.74) is 5.21. The van der Waals surface area contributed by atoms with Crippen LogP contribution in [0.3, 0.4) is 0 Å². The Balaban J connectivity index is 2.63. The van der Waals surface area contributed by atoms with Crippen molar-refractivity contribution in [1.29, 1.82) is 0 Å². The zero-order chi connectivity index (χ0) is 16.5. The van der Waals surface area contributed by atoms with Gasteiger partial charge in [-0.15, -0.1) is 0 Å². The molecule has 23 heavy (non-hydrogen) atoms. The summed E-state index contributed by atoms with van der Waals surface area (Å²) in [7, 11) is 0. The molecule has 0 saturated heterocycles. The third-order valence-electron chi connectivity index (χ3n) is 4.31. The molecule has 1 heteroatoms. The molecule has 0 aromatic heterocycles. The topological polar surface area (TPSA) is 17.1 Å². The molecule has 0 aliphatic carbocycles. The number of hydrogen-bond acceptors (Lipinski definition) is 1. The highest BCUT2D eigenvalue weighted by Crippen LogP contribution is 2.37. The molecule has 1 atom stereocenters. The van der Waals surface area contributed by atoms with Crippen molar-refractivity contribution in [3.8, 4) is 0 Å². The largest absolute Gasteiger partial charge is 0.303 e. The summed E-state index contributed by atoms with van der Waals surface area (Å²) in [6, 6.07) is 21.1. The Labute approximate surface area is 140 Å². The molecule has 2 aromatic carbocycles. The van der Waals surface area contributed by atoms with Crippen LogP contribution in [0.4, 0.5) is 0 Å². The Morgan fingerprint density at radius 1 is 0.913 bits per heavy atom. The summed E-state index contributed by atoms with van der Waals surface area (Å²) in [5, 5.41) is 0. The third-order valence-corrected chi connectivity index (χ3v) is 4.31. The van der Waals surface area contributed by atoms with E-state index in [4.69, 9.17) is 0 Å². The minimum atomic E-state index is 0.287. The van der Waals surface area contributed by atoms with E-state index in [0.29, 0.717) is 6.42 Å². The third kappa shape index (κ3) is 4.41. The maximum atomic E-state index is 11.3. The summed E-state index contributed by atoms with van der Waals surface area (Å²) in [6.45, 7) is 4.39. The van der Waals surface area contributed by atoms with Crippen molar-refractivity contribution in [3.63, 3.8) is 0 Å². The second kappa shape index (κ2) is 9.09. The van der Waals surface area contributed by atoms with Crippen molar-refractivity contribution in [3.05, 3.63) is 71.8 Å². The Morgan fingerprint density at radius 3 is 1.96 bits per heavy atom. The summed E-state index contributed by atoms with van der Waals surface area (Å²) in [5.74, 6) is 0.287. The van der Waals surface area contributed by atoms with Crippen LogP contribution >= 0.6 is 0 Å². The quantitative estimate of drug-likeness (QED) is 0.431. The first-order valence-corrected chi connectivity index (χ1v) is 8.59. The molecule has 0 spiro atoms. The molecule has 2 aromatic rings. The summed E-state index contributed by atoms with van der Waals surface area (Å²) in [6.07, 6.45) is 4.75. The predicted molar refractivity (Wildman–Crippen MR) is 99.1 cm³/mol. The zero-order valence-electron chi connectivity index (χ0n) is 14.2. The molecule has 0 aliphatic heterocycles. The molecule has 0 saturated carbocycles. The second-order valence-electron chi connectivity index (χ2n) is 5.87. The molecule has 2 rings (SSSR count). The van der Waals surface area contributed by atoms with Crippen LogP contribution in [0.1, 0.15) is 50.7 Å². The standard InChI is InChI=1S/C22H26O/c1-3-11-19(16-17-23)22(20-14-9-6-10-15-20)21(4-2)18-12-7-5-8-13-18/h5-10,12-15,17,19H,3-4,11,16H2,1-2H3/b22-21-. The molecule has 120 valence electrons. The van der Waals surface area contributed by atoms with Crippen molar-refractivity contribution >= 4 is 17.4 Å². The molecule has 0 N–H and O–H groups in total. The van der Waals surface area contributed by atoms with Crippen LogP contribution in [-0.4, -0.2) is 6.29 Å². The summed E-state index contributed by atoms with van der Waals surface area (Å²) >= 11 is 0. The smallest absolute Gasteiger partial charge is 0.120 e. The van der Waals surface area contributed by atoms with Crippen LogP contribution in [0, 0.1) is 5.92 Å². The lowest BCUT2D eigenvalue weighted by Gasteiger charge is -2.23. The average Bonchev–Trinajstić information content (AvgIpc) is 2.61. The Hall–Kier alpha value is -2.15. The van der Waals surface area contributed by atoms with Gasteiger partial charge in [0.25, 0.3) is 0 Å². The number of carbonyl (C=O) groups excluding carboxylic acids is 1. The highest BCUT2D eigenvalue weighted by atomic mass is 16.1. The van der Waals surface area contributed by atoms with Crippen molar-refractivity contribution in [1.82, 2.24) is 0 Å². The van der Waals surface area contributed by atoms with E-state index >= 15 is 0 Å². The van der Waals surface area contributed by atoms with E-state index < -0.39 is 0 Å². The van der Waals surface area contributed by atoms with Gasteiger partial charge in [0.1, 0.15) is 6.29 Å². The van der Waals surface area contributed by atoms with E-state index in [1.807, 2.05) is 12.1 Å². The molecule has 0 fully saturated rings. The van der Waals surface area contributed by atoms with E-state index in [1.165, 1.54) is 22.3 Å². The van der Waals surface area contributed by atoms with Crippen LogP contribution in [-0.2, 0) is 4.79 Å². The number of carbonyl (C=O) groups is 1. The zero-order valence-corrected chi connectivity index (χ0v) is 14.2. The normalized spacial score (nSPS) is 13.3. The summed E-state index contributed by atoms with van der Waals surface area (Å²) in [4.78, 5) is 11.3.